The second kappa shape index (κ2) is 8.64. The topological polar surface area (TPSA) is 104 Å². The van der Waals surface area contributed by atoms with E-state index in [1.165, 1.54) is 4.90 Å². The number of fused-ring (bicyclic) bond motifs is 1. The van der Waals surface area contributed by atoms with Crippen LogP contribution in [-0.2, 0) is 9.59 Å². The Morgan fingerprint density at radius 2 is 1.97 bits per heavy atom. The third-order valence-electron chi connectivity index (χ3n) is 5.04. The molecule has 8 nitrogen and oxygen atoms in total. The van der Waals surface area contributed by atoms with E-state index in [0.717, 1.165) is 27.2 Å². The van der Waals surface area contributed by atoms with Crippen molar-refractivity contribution in [3.8, 4) is 0 Å². The minimum atomic E-state index is -1.25. The molecule has 0 bridgehead atoms. The lowest BCUT2D eigenvalue weighted by Gasteiger charge is -2.31. The maximum Gasteiger partial charge on any atom is 0.307 e. The molecule has 0 unspecified atom stereocenters. The quantitative estimate of drug-likeness (QED) is 0.240. The molecule has 4 rings (SSSR count). The zero-order chi connectivity index (χ0) is 23.0. The molecular formula is C22H17BrN4O4S. The summed E-state index contributed by atoms with van der Waals surface area (Å²) >= 11 is 8.55. The van der Waals surface area contributed by atoms with Crippen molar-refractivity contribution < 1.29 is 18.8 Å². The summed E-state index contributed by atoms with van der Waals surface area (Å²) in [6.45, 7) is 3.87. The van der Waals surface area contributed by atoms with Gasteiger partial charge in [-0.05, 0) is 73.6 Å². The van der Waals surface area contributed by atoms with E-state index >= 15 is 0 Å². The summed E-state index contributed by atoms with van der Waals surface area (Å²) in [4.78, 5) is 38.9. The SMILES string of the molecule is Cc1ccc(N2C(=O)[C@@H](/C=N\NC(=O)c3cc4cc(Br)ccc4o3)C(=O)NC2=S)cc1C. The van der Waals surface area contributed by atoms with Gasteiger partial charge in [-0.3, -0.25) is 19.3 Å². The number of nitrogens with one attached hydrogen (secondary N) is 2. The van der Waals surface area contributed by atoms with Gasteiger partial charge in [-0.1, -0.05) is 22.0 Å². The van der Waals surface area contributed by atoms with Gasteiger partial charge in [-0.15, -0.1) is 0 Å². The summed E-state index contributed by atoms with van der Waals surface area (Å²) in [5, 5.41) is 7.04. The number of furan rings is 1. The molecule has 3 amide bonds. The number of hydrazone groups is 1. The maximum absolute atomic E-state index is 13.0. The molecule has 0 radical (unpaired) electrons. The van der Waals surface area contributed by atoms with E-state index in [-0.39, 0.29) is 10.9 Å². The molecular weight excluding hydrogens is 496 g/mol. The molecule has 1 aliphatic heterocycles. The van der Waals surface area contributed by atoms with Crippen LogP contribution in [0.4, 0.5) is 5.69 Å². The zero-order valence-electron chi connectivity index (χ0n) is 17.0. The molecule has 32 heavy (non-hydrogen) atoms. The number of amides is 3. The molecule has 0 aliphatic carbocycles. The monoisotopic (exact) mass is 512 g/mol. The molecule has 162 valence electrons. The number of carbonyl (C=O) groups is 3. The molecule has 1 aromatic heterocycles. The summed E-state index contributed by atoms with van der Waals surface area (Å²) < 4.78 is 6.35. The van der Waals surface area contributed by atoms with Crippen molar-refractivity contribution in [2.75, 3.05) is 4.90 Å². The van der Waals surface area contributed by atoms with Crippen LogP contribution in [0.15, 0.2) is 56.5 Å². The average molecular weight is 513 g/mol. The molecule has 2 aromatic carbocycles. The van der Waals surface area contributed by atoms with Crippen LogP contribution in [0.1, 0.15) is 21.7 Å². The van der Waals surface area contributed by atoms with E-state index in [1.807, 2.05) is 32.0 Å². The first-order valence-corrected chi connectivity index (χ1v) is 10.7. The van der Waals surface area contributed by atoms with E-state index in [1.54, 1.807) is 24.3 Å². The minimum Gasteiger partial charge on any atom is -0.451 e. The largest absolute Gasteiger partial charge is 0.451 e. The lowest BCUT2D eigenvalue weighted by atomic mass is 10.0. The highest BCUT2D eigenvalue weighted by Gasteiger charge is 2.38. The Kier molecular flexibility index (Phi) is 5.90. The number of carbonyl (C=O) groups excluding carboxylic acids is 3. The van der Waals surface area contributed by atoms with E-state index in [2.05, 4.69) is 31.8 Å². The van der Waals surface area contributed by atoms with E-state index in [0.29, 0.717) is 11.3 Å². The van der Waals surface area contributed by atoms with Gasteiger partial charge >= 0.3 is 5.91 Å². The lowest BCUT2D eigenvalue weighted by molar-refractivity contribution is -0.130. The van der Waals surface area contributed by atoms with Gasteiger partial charge in [0, 0.05) is 16.1 Å². The van der Waals surface area contributed by atoms with Gasteiger partial charge in [-0.2, -0.15) is 5.10 Å². The van der Waals surface area contributed by atoms with Crippen molar-refractivity contribution in [2.24, 2.45) is 11.0 Å². The zero-order valence-corrected chi connectivity index (χ0v) is 19.4. The van der Waals surface area contributed by atoms with E-state index < -0.39 is 23.6 Å². The van der Waals surface area contributed by atoms with Crippen LogP contribution in [0.3, 0.4) is 0 Å². The van der Waals surface area contributed by atoms with Crippen molar-refractivity contribution in [3.63, 3.8) is 0 Å². The second-order valence-corrected chi connectivity index (χ2v) is 8.53. The minimum absolute atomic E-state index is 0.00891. The van der Waals surface area contributed by atoms with Crippen molar-refractivity contribution in [1.82, 2.24) is 10.7 Å². The Morgan fingerprint density at radius 3 is 2.72 bits per heavy atom. The fourth-order valence-electron chi connectivity index (χ4n) is 3.18. The molecule has 1 fully saturated rings. The van der Waals surface area contributed by atoms with Crippen molar-refractivity contribution in [1.29, 1.82) is 0 Å². The lowest BCUT2D eigenvalue weighted by Crippen LogP contribution is -2.58. The Bertz CT molecular complexity index is 1320. The van der Waals surface area contributed by atoms with Crippen LogP contribution in [0.25, 0.3) is 11.0 Å². The van der Waals surface area contributed by atoms with Gasteiger partial charge in [-0.25, -0.2) is 5.43 Å². The van der Waals surface area contributed by atoms with Crippen LogP contribution in [0.2, 0.25) is 0 Å². The number of aryl methyl sites for hydroxylation is 2. The van der Waals surface area contributed by atoms with Gasteiger partial charge < -0.3 is 9.73 Å². The van der Waals surface area contributed by atoms with Crippen LogP contribution in [0, 0.1) is 19.8 Å². The van der Waals surface area contributed by atoms with Crippen LogP contribution in [0.5, 0.6) is 0 Å². The van der Waals surface area contributed by atoms with Crippen LogP contribution in [-0.4, -0.2) is 29.0 Å². The number of hydrogen-bond acceptors (Lipinski definition) is 6. The predicted molar refractivity (Wildman–Crippen MR) is 128 cm³/mol. The van der Waals surface area contributed by atoms with Crippen LogP contribution < -0.4 is 15.6 Å². The highest BCUT2D eigenvalue weighted by molar-refractivity contribution is 9.10. The summed E-state index contributed by atoms with van der Waals surface area (Å²) in [5.41, 5.74) is 5.41. The summed E-state index contributed by atoms with van der Waals surface area (Å²) in [7, 11) is 0. The molecule has 2 N–H and O–H groups in total. The van der Waals surface area contributed by atoms with Crippen molar-refractivity contribution in [3.05, 3.63) is 63.8 Å². The number of anilines is 1. The first-order valence-electron chi connectivity index (χ1n) is 9.53. The number of halogens is 1. The highest BCUT2D eigenvalue weighted by Crippen LogP contribution is 2.24. The van der Waals surface area contributed by atoms with Crippen LogP contribution >= 0.6 is 28.1 Å². The van der Waals surface area contributed by atoms with E-state index in [4.69, 9.17) is 16.6 Å². The second-order valence-electron chi connectivity index (χ2n) is 7.23. The fraction of sp³-hybridized carbons (Fsp3) is 0.136. The Morgan fingerprint density at radius 1 is 1.19 bits per heavy atom. The predicted octanol–water partition coefficient (Wildman–Crippen LogP) is 3.59. The van der Waals surface area contributed by atoms with Gasteiger partial charge in [0.05, 0.1) is 5.69 Å². The normalized spacial score (nSPS) is 16.7. The number of rotatable bonds is 4. The van der Waals surface area contributed by atoms with Gasteiger partial charge in [0.25, 0.3) is 5.91 Å². The van der Waals surface area contributed by atoms with Gasteiger partial charge in [0.15, 0.2) is 16.8 Å². The smallest absolute Gasteiger partial charge is 0.307 e. The third-order valence-corrected chi connectivity index (χ3v) is 5.82. The molecule has 0 spiro atoms. The summed E-state index contributed by atoms with van der Waals surface area (Å²) in [5.74, 6) is -3.00. The van der Waals surface area contributed by atoms with Crippen molar-refractivity contribution in [2.45, 2.75) is 13.8 Å². The first kappa shape index (κ1) is 21.8. The molecule has 2 heterocycles. The number of hydrogen-bond donors (Lipinski definition) is 2. The molecule has 0 saturated carbocycles. The Hall–Kier alpha value is -3.37. The molecule has 3 aromatic rings. The fourth-order valence-corrected chi connectivity index (χ4v) is 3.86. The van der Waals surface area contributed by atoms with Gasteiger partial charge in [0.1, 0.15) is 5.58 Å². The third kappa shape index (κ3) is 4.19. The Balaban J connectivity index is 1.50. The molecule has 1 atom stereocenters. The first-order chi connectivity index (χ1) is 15.2. The summed E-state index contributed by atoms with van der Waals surface area (Å²) in [6.07, 6.45) is 1.07. The summed E-state index contributed by atoms with van der Waals surface area (Å²) in [6, 6.07) is 12.3. The Labute approximate surface area is 196 Å². The highest BCUT2D eigenvalue weighted by atomic mass is 79.9. The average Bonchev–Trinajstić information content (AvgIpc) is 3.16. The van der Waals surface area contributed by atoms with Crippen molar-refractivity contribution >= 4 is 73.9 Å². The van der Waals surface area contributed by atoms with Gasteiger partial charge in [0.2, 0.25) is 5.91 Å². The standard InChI is InChI=1S/C22H17BrN4O4S/c1-11-3-5-15(7-12(11)2)27-21(30)16(19(28)25-22(27)32)10-24-26-20(29)18-9-13-8-14(23)4-6-17(13)31-18/h3-10,16H,1-2H3,(H,26,29)(H,25,28,32)/b24-10-/t16-/m0/s1. The van der Waals surface area contributed by atoms with E-state index in [9.17, 15) is 14.4 Å². The molecule has 1 aliphatic rings. The number of benzene rings is 2. The molecule has 10 heteroatoms. The molecule has 1 saturated heterocycles. The number of thiocarbonyl (C=S) groups is 1. The maximum atomic E-state index is 13.0. The number of nitrogens with zero attached hydrogens (tertiary/aromatic N) is 2.